The fourth-order valence-electron chi connectivity index (χ4n) is 4.90. The van der Waals surface area contributed by atoms with Crippen molar-refractivity contribution >= 4 is 32.7 Å². The van der Waals surface area contributed by atoms with Crippen LogP contribution in [0.1, 0.15) is 29.3 Å². The van der Waals surface area contributed by atoms with Crippen LogP contribution < -0.4 is 14.2 Å². The third-order valence-corrected chi connectivity index (χ3v) is 8.38. The summed E-state index contributed by atoms with van der Waals surface area (Å²) in [6.45, 7) is 3.41. The number of aryl methyl sites for hydroxylation is 1. The van der Waals surface area contributed by atoms with Crippen molar-refractivity contribution in [3.05, 3.63) is 58.9 Å². The Labute approximate surface area is 232 Å². The lowest BCUT2D eigenvalue weighted by Crippen LogP contribution is -2.32. The predicted molar refractivity (Wildman–Crippen MR) is 148 cm³/mol. The van der Waals surface area contributed by atoms with Gasteiger partial charge in [-0.1, -0.05) is 18.1 Å². The smallest absolute Gasteiger partial charge is 0.298 e. The number of methoxy groups -OCH3 is 2. The molecule has 208 valence electrons. The Morgan fingerprint density at radius 1 is 1.12 bits per heavy atom. The largest absolute Gasteiger partial charge is 0.496 e. The average molecular weight is 564 g/mol. The molecule has 12 heteroatoms. The van der Waals surface area contributed by atoms with Gasteiger partial charge < -0.3 is 18.9 Å². The molecule has 0 atom stereocenters. The number of ether oxygens (including phenoxy) is 2. The Bertz CT molecular complexity index is 1730. The number of aromatic nitrogens is 3. The normalized spacial score (nSPS) is 13.4. The van der Waals surface area contributed by atoms with Crippen molar-refractivity contribution in [2.45, 2.75) is 37.6 Å². The second-order valence-electron chi connectivity index (χ2n) is 9.36. The highest BCUT2D eigenvalue weighted by molar-refractivity contribution is 7.92. The number of rotatable bonds is 8. The Morgan fingerprint density at radius 2 is 1.90 bits per heavy atom. The highest BCUT2D eigenvalue weighted by Crippen LogP contribution is 2.36. The number of carbonyl (C=O) groups is 1. The van der Waals surface area contributed by atoms with Crippen LogP contribution in [0.3, 0.4) is 0 Å². The van der Waals surface area contributed by atoms with Crippen LogP contribution in [0.2, 0.25) is 0 Å². The first-order valence-electron chi connectivity index (χ1n) is 12.7. The third kappa shape index (κ3) is 5.08. The summed E-state index contributed by atoms with van der Waals surface area (Å²) < 4.78 is 47.6. The summed E-state index contributed by atoms with van der Waals surface area (Å²) in [6.07, 6.45) is 9.08. The number of nitrogens with zero attached hydrogens (tertiary/aromatic N) is 4. The second kappa shape index (κ2) is 10.9. The van der Waals surface area contributed by atoms with E-state index in [1.165, 1.54) is 14.2 Å². The van der Waals surface area contributed by atoms with Gasteiger partial charge in [-0.3, -0.25) is 14.2 Å². The van der Waals surface area contributed by atoms with Crippen LogP contribution >= 0.6 is 0 Å². The van der Waals surface area contributed by atoms with Gasteiger partial charge in [-0.15, -0.1) is 6.42 Å². The lowest BCUT2D eigenvalue weighted by atomic mass is 10.1. The van der Waals surface area contributed by atoms with Gasteiger partial charge in [0, 0.05) is 25.2 Å². The Kier molecular flexibility index (Phi) is 7.40. The van der Waals surface area contributed by atoms with Gasteiger partial charge in [-0.25, -0.2) is 8.42 Å². The molecule has 1 aliphatic rings. The molecule has 2 aromatic carbocycles. The van der Waals surface area contributed by atoms with Crippen LogP contribution in [-0.2, 0) is 40.6 Å². The topological polar surface area (TPSA) is 129 Å². The van der Waals surface area contributed by atoms with Crippen molar-refractivity contribution in [2.24, 2.45) is 0 Å². The maximum atomic E-state index is 13.4. The van der Waals surface area contributed by atoms with Crippen LogP contribution in [0.15, 0.2) is 45.9 Å². The molecule has 40 heavy (non-hydrogen) atoms. The fourth-order valence-corrected chi connectivity index (χ4v) is 6.13. The molecular formula is C28H29N5O6S. The quantitative estimate of drug-likeness (QED) is 0.324. The van der Waals surface area contributed by atoms with E-state index < -0.39 is 10.0 Å². The fraction of sp³-hybridized carbons (Fsp3) is 0.321. The molecule has 0 fully saturated rings. The lowest BCUT2D eigenvalue weighted by Gasteiger charge is -2.17. The van der Waals surface area contributed by atoms with Crippen LogP contribution in [0.25, 0.3) is 11.0 Å². The summed E-state index contributed by atoms with van der Waals surface area (Å²) in [6, 6.07) is 8.60. The molecule has 1 amide bonds. The van der Waals surface area contributed by atoms with Crippen molar-refractivity contribution in [3.8, 4) is 23.8 Å². The zero-order chi connectivity index (χ0) is 28.4. The third-order valence-electron chi connectivity index (χ3n) is 7.02. The van der Waals surface area contributed by atoms with E-state index in [1.54, 1.807) is 29.2 Å². The molecule has 1 aliphatic heterocycles. The van der Waals surface area contributed by atoms with Gasteiger partial charge in [0.1, 0.15) is 21.8 Å². The molecule has 0 radical (unpaired) electrons. The van der Waals surface area contributed by atoms with Crippen molar-refractivity contribution < 1.29 is 27.2 Å². The summed E-state index contributed by atoms with van der Waals surface area (Å²) in [4.78, 5) is 13.7. The van der Waals surface area contributed by atoms with Gasteiger partial charge in [0.15, 0.2) is 11.4 Å². The molecule has 0 aliphatic carbocycles. The SMILES string of the molecule is C#CC(=O)N1CCc2cnn(Cc3cc(OC)c4c(NS(=O)(=O)c5cc(CC)ccc5OC)noc4c3)c2CC1. The van der Waals surface area contributed by atoms with E-state index in [-0.39, 0.29) is 22.4 Å². The zero-order valence-corrected chi connectivity index (χ0v) is 23.2. The first-order valence-corrected chi connectivity index (χ1v) is 14.2. The molecule has 3 heterocycles. The number of terminal acetylenes is 1. The van der Waals surface area contributed by atoms with Gasteiger partial charge in [-0.05, 0) is 59.7 Å². The number of nitrogens with one attached hydrogen (secondary N) is 1. The number of amides is 1. The van der Waals surface area contributed by atoms with Crippen molar-refractivity contribution in [3.63, 3.8) is 0 Å². The number of hydrogen-bond acceptors (Lipinski definition) is 8. The predicted octanol–water partition coefficient (Wildman–Crippen LogP) is 3.01. The summed E-state index contributed by atoms with van der Waals surface area (Å²) in [7, 11) is -1.15. The molecule has 0 bridgehead atoms. The van der Waals surface area contributed by atoms with E-state index in [2.05, 4.69) is 20.9 Å². The molecular weight excluding hydrogens is 534 g/mol. The summed E-state index contributed by atoms with van der Waals surface area (Å²) in [5, 5.41) is 8.96. The second-order valence-corrected chi connectivity index (χ2v) is 11.0. The molecule has 0 unspecified atom stereocenters. The molecule has 2 aromatic heterocycles. The molecule has 0 spiro atoms. The number of fused-ring (bicyclic) bond motifs is 2. The molecule has 0 saturated carbocycles. The van der Waals surface area contributed by atoms with E-state index in [4.69, 9.17) is 20.4 Å². The monoisotopic (exact) mass is 563 g/mol. The van der Waals surface area contributed by atoms with Crippen molar-refractivity contribution in [1.82, 2.24) is 19.8 Å². The maximum absolute atomic E-state index is 13.4. The van der Waals surface area contributed by atoms with E-state index in [0.717, 1.165) is 22.4 Å². The summed E-state index contributed by atoms with van der Waals surface area (Å²) in [5.74, 6) is 2.50. The highest BCUT2D eigenvalue weighted by atomic mass is 32.2. The lowest BCUT2D eigenvalue weighted by molar-refractivity contribution is -0.125. The van der Waals surface area contributed by atoms with Crippen LogP contribution in [0.5, 0.6) is 11.5 Å². The molecule has 5 rings (SSSR count). The van der Waals surface area contributed by atoms with E-state index in [1.807, 2.05) is 23.9 Å². The van der Waals surface area contributed by atoms with Crippen LogP contribution in [0, 0.1) is 12.3 Å². The van der Waals surface area contributed by atoms with Gasteiger partial charge in [0.2, 0.25) is 0 Å². The number of anilines is 1. The zero-order valence-electron chi connectivity index (χ0n) is 22.4. The minimum atomic E-state index is -4.06. The molecule has 0 saturated heterocycles. The number of carbonyl (C=O) groups excluding carboxylic acids is 1. The summed E-state index contributed by atoms with van der Waals surface area (Å²) >= 11 is 0. The molecule has 11 nitrogen and oxygen atoms in total. The van der Waals surface area contributed by atoms with E-state index in [0.29, 0.717) is 55.6 Å². The number of sulfonamides is 1. The van der Waals surface area contributed by atoms with Gasteiger partial charge >= 0.3 is 0 Å². The van der Waals surface area contributed by atoms with Crippen LogP contribution in [0.4, 0.5) is 5.82 Å². The first kappa shape index (κ1) is 27.1. The Morgan fingerprint density at radius 3 is 2.62 bits per heavy atom. The average Bonchev–Trinajstić information content (AvgIpc) is 3.47. The number of hydrogen-bond donors (Lipinski definition) is 1. The minimum Gasteiger partial charge on any atom is -0.496 e. The maximum Gasteiger partial charge on any atom is 0.298 e. The molecule has 4 aromatic rings. The van der Waals surface area contributed by atoms with Gasteiger partial charge in [-0.2, -0.15) is 5.10 Å². The van der Waals surface area contributed by atoms with Gasteiger partial charge in [0.05, 0.1) is 27.0 Å². The molecule has 1 N–H and O–H groups in total. The standard InChI is InChI=1S/C28H29N5O6S/c1-5-18-7-8-22(37-3)25(15-18)40(35,36)31-28-27-23(38-4)13-19(14-24(27)39-30-28)17-33-21-10-12-32(26(34)6-2)11-9-20(21)16-29-33/h2,7-8,13-16H,5,9-12,17H2,1,3-4H3,(H,30,31). The first-order chi connectivity index (χ1) is 19.3. The minimum absolute atomic E-state index is 0.00275. The highest BCUT2D eigenvalue weighted by Gasteiger charge is 2.26. The Hall–Kier alpha value is -4.50. The van der Waals surface area contributed by atoms with Crippen LogP contribution in [-0.4, -0.2) is 61.5 Å². The van der Waals surface area contributed by atoms with Crippen molar-refractivity contribution in [2.75, 3.05) is 32.0 Å². The number of benzene rings is 2. The summed E-state index contributed by atoms with van der Waals surface area (Å²) in [5.41, 5.74) is 4.12. The van der Waals surface area contributed by atoms with E-state index in [9.17, 15) is 13.2 Å². The van der Waals surface area contributed by atoms with Gasteiger partial charge in [0.25, 0.3) is 15.9 Å². The Balaban J connectivity index is 1.44. The van der Waals surface area contributed by atoms with Crippen molar-refractivity contribution in [1.29, 1.82) is 0 Å². The van der Waals surface area contributed by atoms with E-state index >= 15 is 0 Å².